The van der Waals surface area contributed by atoms with Gasteiger partial charge in [0, 0.05) is 42.8 Å². The molecule has 0 amide bonds. The van der Waals surface area contributed by atoms with E-state index in [-0.39, 0.29) is 5.63 Å². The minimum Gasteiger partial charge on any atom is -0.423 e. The number of hydrogen-bond acceptors (Lipinski definition) is 4. The Morgan fingerprint density at radius 2 is 1.94 bits per heavy atom. The van der Waals surface area contributed by atoms with Gasteiger partial charge in [-0.2, -0.15) is 0 Å². The Bertz CT molecular complexity index is 600. The van der Waals surface area contributed by atoms with Crippen LogP contribution in [0.2, 0.25) is 0 Å². The van der Waals surface area contributed by atoms with Gasteiger partial charge in [0.05, 0.1) is 0 Å². The topological polar surface area (TPSA) is 59.5 Å². The molecule has 0 spiro atoms. The molecule has 0 unspecified atom stereocenters. The maximum absolute atomic E-state index is 11.4. The molecule has 0 aliphatic rings. The molecule has 2 rings (SSSR count). The van der Waals surface area contributed by atoms with E-state index in [1.807, 2.05) is 18.2 Å². The second kappa shape index (κ2) is 5.23. The van der Waals surface area contributed by atoms with E-state index in [2.05, 4.69) is 18.7 Å². The molecule has 0 aliphatic carbocycles. The number of benzene rings is 1. The molecule has 4 heteroatoms. The SMILES string of the molecule is CCN(CC)c1ccc2c(CN)cc(=O)oc2c1. The molecule has 0 bridgehead atoms. The third-order valence-electron chi connectivity index (χ3n) is 3.16. The van der Waals surface area contributed by atoms with Crippen LogP contribution in [0, 0.1) is 0 Å². The molecule has 0 saturated heterocycles. The van der Waals surface area contributed by atoms with Gasteiger partial charge in [-0.25, -0.2) is 4.79 Å². The number of hydrogen-bond donors (Lipinski definition) is 1. The van der Waals surface area contributed by atoms with E-state index in [1.54, 1.807) is 0 Å². The van der Waals surface area contributed by atoms with Crippen molar-refractivity contribution in [2.45, 2.75) is 20.4 Å². The van der Waals surface area contributed by atoms with E-state index < -0.39 is 0 Å². The average Bonchev–Trinajstić information content (AvgIpc) is 2.38. The Morgan fingerprint density at radius 1 is 1.22 bits per heavy atom. The highest BCUT2D eigenvalue weighted by Gasteiger charge is 2.07. The lowest BCUT2D eigenvalue weighted by atomic mass is 10.1. The molecule has 0 fully saturated rings. The van der Waals surface area contributed by atoms with E-state index in [0.29, 0.717) is 12.1 Å². The lowest BCUT2D eigenvalue weighted by molar-refractivity contribution is 0.559. The summed E-state index contributed by atoms with van der Waals surface area (Å²) in [4.78, 5) is 13.7. The molecule has 18 heavy (non-hydrogen) atoms. The fourth-order valence-corrected chi connectivity index (χ4v) is 2.17. The highest BCUT2D eigenvalue weighted by molar-refractivity contribution is 5.83. The first-order chi connectivity index (χ1) is 8.69. The summed E-state index contributed by atoms with van der Waals surface area (Å²) in [5, 5.41) is 0.910. The third-order valence-corrected chi connectivity index (χ3v) is 3.16. The summed E-state index contributed by atoms with van der Waals surface area (Å²) in [7, 11) is 0. The lowest BCUT2D eigenvalue weighted by Crippen LogP contribution is -2.21. The van der Waals surface area contributed by atoms with E-state index in [4.69, 9.17) is 10.2 Å². The second-order valence-electron chi connectivity index (χ2n) is 4.15. The third kappa shape index (κ3) is 2.24. The summed E-state index contributed by atoms with van der Waals surface area (Å²) in [6.45, 7) is 6.37. The highest BCUT2D eigenvalue weighted by Crippen LogP contribution is 2.23. The molecule has 96 valence electrons. The number of rotatable bonds is 4. The van der Waals surface area contributed by atoms with Gasteiger partial charge in [0.15, 0.2) is 0 Å². The van der Waals surface area contributed by atoms with Gasteiger partial charge in [-0.15, -0.1) is 0 Å². The molecule has 1 heterocycles. The van der Waals surface area contributed by atoms with Gasteiger partial charge in [0.1, 0.15) is 5.58 Å². The highest BCUT2D eigenvalue weighted by atomic mass is 16.4. The van der Waals surface area contributed by atoms with Gasteiger partial charge in [0.2, 0.25) is 0 Å². The molecular formula is C14H18N2O2. The first-order valence-electron chi connectivity index (χ1n) is 6.21. The lowest BCUT2D eigenvalue weighted by Gasteiger charge is -2.21. The van der Waals surface area contributed by atoms with Gasteiger partial charge >= 0.3 is 5.63 Å². The molecule has 2 aromatic rings. The number of anilines is 1. The molecule has 0 aliphatic heterocycles. The smallest absolute Gasteiger partial charge is 0.336 e. The number of nitrogens with zero attached hydrogens (tertiary/aromatic N) is 1. The fourth-order valence-electron chi connectivity index (χ4n) is 2.17. The summed E-state index contributed by atoms with van der Waals surface area (Å²) in [6.07, 6.45) is 0. The maximum atomic E-state index is 11.4. The number of fused-ring (bicyclic) bond motifs is 1. The summed E-state index contributed by atoms with van der Waals surface area (Å²) >= 11 is 0. The Balaban J connectivity index is 2.61. The molecule has 1 aromatic heterocycles. The largest absolute Gasteiger partial charge is 0.423 e. The molecule has 2 N–H and O–H groups in total. The van der Waals surface area contributed by atoms with Gasteiger partial charge in [0.25, 0.3) is 0 Å². The standard InChI is InChI=1S/C14H18N2O2/c1-3-16(4-2)11-5-6-12-10(9-15)7-14(17)18-13(12)8-11/h5-8H,3-4,9,15H2,1-2H3. The Kier molecular flexibility index (Phi) is 3.67. The van der Waals surface area contributed by atoms with Crippen LogP contribution in [0.5, 0.6) is 0 Å². The molecule has 0 atom stereocenters. The quantitative estimate of drug-likeness (QED) is 0.839. The molecule has 4 nitrogen and oxygen atoms in total. The van der Waals surface area contributed by atoms with Crippen LogP contribution in [-0.2, 0) is 6.54 Å². The van der Waals surface area contributed by atoms with Crippen LogP contribution in [0.4, 0.5) is 5.69 Å². The second-order valence-corrected chi connectivity index (χ2v) is 4.15. The molecule has 0 radical (unpaired) electrons. The minimum absolute atomic E-state index is 0.340. The summed E-state index contributed by atoms with van der Waals surface area (Å²) in [6, 6.07) is 7.37. The van der Waals surface area contributed by atoms with Crippen molar-refractivity contribution in [3.05, 3.63) is 40.2 Å². The van der Waals surface area contributed by atoms with E-state index >= 15 is 0 Å². The average molecular weight is 246 g/mol. The van der Waals surface area contributed by atoms with Crippen molar-refractivity contribution in [1.82, 2.24) is 0 Å². The van der Waals surface area contributed by atoms with Crippen molar-refractivity contribution in [2.75, 3.05) is 18.0 Å². The van der Waals surface area contributed by atoms with E-state index in [0.717, 1.165) is 29.7 Å². The summed E-state index contributed by atoms with van der Waals surface area (Å²) < 4.78 is 5.25. The van der Waals surface area contributed by atoms with Gasteiger partial charge < -0.3 is 15.1 Å². The first kappa shape index (κ1) is 12.6. The van der Waals surface area contributed by atoms with Crippen LogP contribution < -0.4 is 16.3 Å². The first-order valence-corrected chi connectivity index (χ1v) is 6.21. The van der Waals surface area contributed by atoms with Crippen molar-refractivity contribution in [3.8, 4) is 0 Å². The van der Waals surface area contributed by atoms with Crippen LogP contribution in [0.15, 0.2) is 33.5 Å². The van der Waals surface area contributed by atoms with Crippen LogP contribution in [0.3, 0.4) is 0 Å². The molecule has 0 saturated carbocycles. The Labute approximate surface area is 106 Å². The van der Waals surface area contributed by atoms with Crippen LogP contribution in [-0.4, -0.2) is 13.1 Å². The maximum Gasteiger partial charge on any atom is 0.336 e. The zero-order chi connectivity index (χ0) is 13.1. The van der Waals surface area contributed by atoms with Crippen molar-refractivity contribution in [1.29, 1.82) is 0 Å². The zero-order valence-corrected chi connectivity index (χ0v) is 10.8. The van der Waals surface area contributed by atoms with Crippen LogP contribution >= 0.6 is 0 Å². The zero-order valence-electron chi connectivity index (χ0n) is 10.8. The molecular weight excluding hydrogens is 228 g/mol. The van der Waals surface area contributed by atoms with Gasteiger partial charge in [-0.05, 0) is 31.5 Å². The van der Waals surface area contributed by atoms with Crippen molar-refractivity contribution in [2.24, 2.45) is 5.73 Å². The number of nitrogens with two attached hydrogens (primary N) is 1. The van der Waals surface area contributed by atoms with Crippen molar-refractivity contribution >= 4 is 16.7 Å². The Hall–Kier alpha value is -1.81. The Morgan fingerprint density at radius 3 is 2.56 bits per heavy atom. The predicted molar refractivity (Wildman–Crippen MR) is 73.9 cm³/mol. The van der Waals surface area contributed by atoms with Crippen molar-refractivity contribution < 1.29 is 4.42 Å². The normalized spacial score (nSPS) is 10.8. The van der Waals surface area contributed by atoms with Crippen LogP contribution in [0.25, 0.3) is 11.0 Å². The van der Waals surface area contributed by atoms with E-state index in [1.165, 1.54) is 6.07 Å². The minimum atomic E-state index is -0.348. The monoisotopic (exact) mass is 246 g/mol. The van der Waals surface area contributed by atoms with Gasteiger partial charge in [-0.3, -0.25) is 0 Å². The summed E-state index contributed by atoms with van der Waals surface area (Å²) in [5.41, 5.74) is 7.79. The van der Waals surface area contributed by atoms with Gasteiger partial charge in [-0.1, -0.05) is 0 Å². The predicted octanol–water partition coefficient (Wildman–Crippen LogP) is 2.10. The summed E-state index contributed by atoms with van der Waals surface area (Å²) in [5.74, 6) is 0. The van der Waals surface area contributed by atoms with Crippen molar-refractivity contribution in [3.63, 3.8) is 0 Å². The van der Waals surface area contributed by atoms with Crippen LogP contribution in [0.1, 0.15) is 19.4 Å². The fraction of sp³-hybridized carbons (Fsp3) is 0.357. The molecule has 1 aromatic carbocycles. The van der Waals surface area contributed by atoms with E-state index in [9.17, 15) is 4.79 Å².